The van der Waals surface area contributed by atoms with Crippen molar-refractivity contribution in [1.29, 1.82) is 0 Å². The van der Waals surface area contributed by atoms with E-state index in [1.165, 1.54) is 12.1 Å². The maximum absolute atomic E-state index is 15.7. The fraction of sp³-hybridized carbons (Fsp3) is 0.333. The number of allylic oxidation sites excluding steroid dienone is 1. The molecule has 4 N–H and O–H groups in total. The van der Waals surface area contributed by atoms with Crippen molar-refractivity contribution in [2.24, 2.45) is 0 Å². The molecule has 0 radical (unpaired) electrons. The quantitative estimate of drug-likeness (QED) is 0.249. The number of fused-ring (bicyclic) bond motifs is 1. The van der Waals surface area contributed by atoms with Crippen LogP contribution in [0, 0.1) is 17.5 Å². The molecule has 226 valence electrons. The van der Waals surface area contributed by atoms with Crippen LogP contribution in [0.3, 0.4) is 0 Å². The molecule has 1 unspecified atom stereocenters. The Balaban J connectivity index is 1.39. The van der Waals surface area contributed by atoms with Gasteiger partial charge in [0.05, 0.1) is 36.8 Å². The van der Waals surface area contributed by atoms with Crippen molar-refractivity contribution in [3.8, 4) is 11.3 Å². The summed E-state index contributed by atoms with van der Waals surface area (Å²) in [6.07, 6.45) is 6.35. The van der Waals surface area contributed by atoms with Crippen molar-refractivity contribution in [2.75, 3.05) is 23.7 Å². The van der Waals surface area contributed by atoms with E-state index in [1.54, 1.807) is 6.20 Å². The first-order chi connectivity index (χ1) is 20.5. The minimum atomic E-state index is -4.53. The number of nitrogens with one attached hydrogen (secondary N) is 2. The first-order valence-corrected chi connectivity index (χ1v) is 15.5. The lowest BCUT2D eigenvalue weighted by atomic mass is 9.92. The predicted molar refractivity (Wildman–Crippen MR) is 157 cm³/mol. The number of anilines is 2. The van der Waals surface area contributed by atoms with E-state index >= 15 is 8.78 Å². The fourth-order valence-corrected chi connectivity index (χ4v) is 6.66. The Kier molecular flexibility index (Phi) is 7.65. The Morgan fingerprint density at radius 1 is 1.07 bits per heavy atom. The standard InChI is InChI=1S/C30H31F3N6O3S/c1-16(2)30-37-27(20-11-23(33)24(12-22(20)32)38-43(40,41)26-6-4-3-5-21(26)31)28-29(34)35-13-25(39(28)30)17-7-9-18(10-8-17)36-19-14-42-15-19/h3-7,11-13,16,18-19,36,38H,8-10,14-15H2,1-2H3,(H2,34,35). The van der Waals surface area contributed by atoms with Gasteiger partial charge in [-0.1, -0.05) is 32.1 Å². The summed E-state index contributed by atoms with van der Waals surface area (Å²) in [5.41, 5.74) is 7.67. The molecular formula is C30H31F3N6O3S. The lowest BCUT2D eigenvalue weighted by Crippen LogP contribution is -2.50. The third kappa shape index (κ3) is 5.48. The highest BCUT2D eigenvalue weighted by Crippen LogP contribution is 2.38. The second-order valence-corrected chi connectivity index (χ2v) is 12.8. The van der Waals surface area contributed by atoms with Gasteiger partial charge in [-0.25, -0.2) is 31.6 Å². The number of rotatable bonds is 8. The van der Waals surface area contributed by atoms with Gasteiger partial charge in [-0.3, -0.25) is 9.12 Å². The summed E-state index contributed by atoms with van der Waals surface area (Å²) in [7, 11) is -4.53. The van der Waals surface area contributed by atoms with Crippen LogP contribution in [0.25, 0.3) is 22.3 Å². The van der Waals surface area contributed by atoms with Crippen LogP contribution < -0.4 is 15.8 Å². The van der Waals surface area contributed by atoms with Crippen LogP contribution in [0.15, 0.2) is 53.6 Å². The van der Waals surface area contributed by atoms with Crippen LogP contribution in [-0.2, 0) is 14.8 Å². The van der Waals surface area contributed by atoms with Gasteiger partial charge in [0.15, 0.2) is 0 Å². The minimum absolute atomic E-state index is 0.0800. The summed E-state index contributed by atoms with van der Waals surface area (Å²) >= 11 is 0. The molecule has 0 bridgehead atoms. The molecule has 13 heteroatoms. The molecule has 2 aromatic carbocycles. The van der Waals surface area contributed by atoms with Crippen molar-refractivity contribution in [3.05, 3.63) is 77.6 Å². The number of benzene rings is 2. The number of nitrogens with two attached hydrogens (primary N) is 1. The van der Waals surface area contributed by atoms with E-state index in [0.717, 1.165) is 61.9 Å². The average molecular weight is 613 g/mol. The maximum Gasteiger partial charge on any atom is 0.264 e. The van der Waals surface area contributed by atoms with E-state index in [2.05, 4.69) is 16.4 Å². The molecule has 4 aromatic rings. The topological polar surface area (TPSA) is 124 Å². The number of imidazole rings is 1. The van der Waals surface area contributed by atoms with Gasteiger partial charge in [0.1, 0.15) is 45.2 Å². The smallest absolute Gasteiger partial charge is 0.264 e. The molecule has 1 aliphatic carbocycles. The zero-order valence-electron chi connectivity index (χ0n) is 23.6. The lowest BCUT2D eigenvalue weighted by molar-refractivity contribution is -0.0103. The average Bonchev–Trinajstić information content (AvgIpc) is 3.35. The first kappa shape index (κ1) is 29.1. The molecule has 9 nitrogen and oxygen atoms in total. The van der Waals surface area contributed by atoms with E-state index in [1.807, 2.05) is 23.0 Å². The number of hydrogen-bond acceptors (Lipinski definition) is 7. The summed E-state index contributed by atoms with van der Waals surface area (Å²) in [6.45, 7) is 5.32. The summed E-state index contributed by atoms with van der Waals surface area (Å²) in [6, 6.07) is 6.91. The van der Waals surface area contributed by atoms with E-state index in [-0.39, 0.29) is 23.0 Å². The van der Waals surface area contributed by atoms with Gasteiger partial charge >= 0.3 is 0 Å². The summed E-state index contributed by atoms with van der Waals surface area (Å²) < 4.78 is 79.7. The second-order valence-electron chi connectivity index (χ2n) is 11.1. The predicted octanol–water partition coefficient (Wildman–Crippen LogP) is 5.24. The Labute approximate surface area is 247 Å². The molecule has 1 fully saturated rings. The van der Waals surface area contributed by atoms with Crippen LogP contribution in [0.5, 0.6) is 0 Å². The van der Waals surface area contributed by atoms with Crippen LogP contribution in [0.2, 0.25) is 0 Å². The SMILES string of the molecule is CC(C)c1nc(-c2cc(F)c(NS(=O)(=O)c3ccccc3F)cc2F)c2c(N)ncc(C3=CCC(NC4COC4)CC3)n12. The van der Waals surface area contributed by atoms with E-state index in [9.17, 15) is 12.8 Å². The maximum atomic E-state index is 15.7. The molecule has 1 saturated heterocycles. The summed E-state index contributed by atoms with van der Waals surface area (Å²) in [4.78, 5) is 8.41. The van der Waals surface area contributed by atoms with Crippen molar-refractivity contribution in [3.63, 3.8) is 0 Å². The molecule has 2 aromatic heterocycles. The Morgan fingerprint density at radius 2 is 1.84 bits per heavy atom. The number of halogens is 3. The highest BCUT2D eigenvalue weighted by Gasteiger charge is 2.28. The first-order valence-electron chi connectivity index (χ1n) is 14.0. The Hall–Kier alpha value is -3.94. The Bertz CT molecular complexity index is 1850. The fourth-order valence-electron chi connectivity index (χ4n) is 5.52. The number of nitrogen functional groups attached to an aromatic ring is 1. The minimum Gasteiger partial charge on any atom is -0.382 e. The van der Waals surface area contributed by atoms with Crippen molar-refractivity contribution in [2.45, 2.75) is 56.0 Å². The molecule has 3 heterocycles. The van der Waals surface area contributed by atoms with Gasteiger partial charge in [0, 0.05) is 23.6 Å². The largest absolute Gasteiger partial charge is 0.382 e. The van der Waals surface area contributed by atoms with Crippen molar-refractivity contribution >= 4 is 32.6 Å². The third-order valence-electron chi connectivity index (χ3n) is 7.76. The van der Waals surface area contributed by atoms with Gasteiger partial charge < -0.3 is 15.8 Å². The number of ether oxygens (including phenoxy) is 1. The molecule has 1 aliphatic heterocycles. The lowest BCUT2D eigenvalue weighted by Gasteiger charge is -2.33. The van der Waals surface area contributed by atoms with Crippen LogP contribution in [0.1, 0.15) is 50.5 Å². The van der Waals surface area contributed by atoms with Gasteiger partial charge in [-0.05, 0) is 43.0 Å². The van der Waals surface area contributed by atoms with Gasteiger partial charge in [0.25, 0.3) is 10.0 Å². The highest BCUT2D eigenvalue weighted by atomic mass is 32.2. The molecule has 43 heavy (non-hydrogen) atoms. The van der Waals surface area contributed by atoms with E-state index in [0.29, 0.717) is 29.5 Å². The van der Waals surface area contributed by atoms with Crippen LogP contribution in [0.4, 0.5) is 24.7 Å². The third-order valence-corrected chi connectivity index (χ3v) is 9.16. The number of hydrogen-bond donors (Lipinski definition) is 3. The monoisotopic (exact) mass is 612 g/mol. The van der Waals surface area contributed by atoms with Gasteiger partial charge in [-0.2, -0.15) is 0 Å². The molecular weight excluding hydrogens is 581 g/mol. The zero-order valence-corrected chi connectivity index (χ0v) is 24.4. The number of aromatic nitrogens is 3. The molecule has 1 atom stereocenters. The van der Waals surface area contributed by atoms with Crippen molar-refractivity contribution in [1.82, 2.24) is 19.7 Å². The number of nitrogens with zero attached hydrogens (tertiary/aromatic N) is 3. The molecule has 6 rings (SSSR count). The molecule has 0 saturated carbocycles. The molecule has 0 spiro atoms. The van der Waals surface area contributed by atoms with E-state index < -0.39 is 38.1 Å². The van der Waals surface area contributed by atoms with Gasteiger partial charge in [-0.15, -0.1) is 0 Å². The number of sulfonamides is 1. The zero-order chi connectivity index (χ0) is 30.5. The normalized spacial score (nSPS) is 17.7. The van der Waals surface area contributed by atoms with Crippen molar-refractivity contribution < 1.29 is 26.3 Å². The summed E-state index contributed by atoms with van der Waals surface area (Å²) in [5, 5.41) is 3.61. The Morgan fingerprint density at radius 3 is 2.49 bits per heavy atom. The molecule has 0 amide bonds. The van der Waals surface area contributed by atoms with Crippen LogP contribution in [-0.4, -0.2) is 48.1 Å². The molecule has 2 aliphatic rings. The summed E-state index contributed by atoms with van der Waals surface area (Å²) in [5.74, 6) is -2.48. The second kappa shape index (κ2) is 11.3. The van der Waals surface area contributed by atoms with E-state index in [4.69, 9.17) is 15.5 Å². The van der Waals surface area contributed by atoms with Crippen LogP contribution >= 0.6 is 0 Å². The van der Waals surface area contributed by atoms with Gasteiger partial charge in [0.2, 0.25) is 0 Å². The highest BCUT2D eigenvalue weighted by molar-refractivity contribution is 7.92.